The Bertz CT molecular complexity index is 960. The van der Waals surface area contributed by atoms with Gasteiger partial charge in [-0.3, -0.25) is 4.99 Å². The van der Waals surface area contributed by atoms with Crippen LogP contribution in [0.5, 0.6) is 0 Å². The number of benzene rings is 2. The number of aliphatic imine (C=N–C) groups is 1. The predicted molar refractivity (Wildman–Crippen MR) is 102 cm³/mol. The van der Waals surface area contributed by atoms with Gasteiger partial charge in [0.15, 0.2) is 11.5 Å². The molecular formula is C20H15Cl2F5N2. The molecule has 29 heavy (non-hydrogen) atoms. The van der Waals surface area contributed by atoms with E-state index >= 15 is 0 Å². The number of rotatable bonds is 3. The maximum Gasteiger partial charge on any atom is 0.400 e. The molecule has 0 aromatic heterocycles. The number of nitrogens with zero attached hydrogens (tertiary/aromatic N) is 1. The Morgan fingerprint density at radius 2 is 1.55 bits per heavy atom. The number of alkyl halides is 4. The largest absolute Gasteiger partial charge is 0.400 e. The Morgan fingerprint density at radius 1 is 0.966 bits per heavy atom. The molecular weight excluding hydrogens is 434 g/mol. The average molecular weight is 449 g/mol. The molecule has 2 aromatic carbocycles. The maximum atomic E-state index is 14.5. The van der Waals surface area contributed by atoms with E-state index in [1.807, 2.05) is 0 Å². The lowest BCUT2D eigenvalue weighted by Crippen LogP contribution is -2.53. The quantitative estimate of drug-likeness (QED) is 0.480. The minimum Gasteiger partial charge on any atom is -0.310 e. The Kier molecular flexibility index (Phi) is 4.91. The van der Waals surface area contributed by atoms with Crippen LogP contribution in [0.2, 0.25) is 10.0 Å². The van der Waals surface area contributed by atoms with Gasteiger partial charge in [-0.2, -0.15) is 13.2 Å². The molecule has 1 atom stereocenters. The molecule has 0 amide bonds. The van der Waals surface area contributed by atoms with E-state index in [9.17, 15) is 22.0 Å². The third kappa shape index (κ3) is 3.33. The van der Waals surface area contributed by atoms with Crippen molar-refractivity contribution in [2.75, 3.05) is 19.6 Å². The average Bonchev–Trinajstić information content (AvgIpc) is 3.11. The third-order valence-electron chi connectivity index (χ3n) is 5.63. The van der Waals surface area contributed by atoms with Crippen LogP contribution in [0.15, 0.2) is 41.4 Å². The summed E-state index contributed by atoms with van der Waals surface area (Å²) in [7, 11) is 0. The monoisotopic (exact) mass is 448 g/mol. The van der Waals surface area contributed by atoms with Gasteiger partial charge in [-0.15, -0.1) is 0 Å². The van der Waals surface area contributed by atoms with Crippen molar-refractivity contribution in [3.8, 4) is 0 Å². The van der Waals surface area contributed by atoms with Crippen LogP contribution in [-0.4, -0.2) is 31.5 Å². The summed E-state index contributed by atoms with van der Waals surface area (Å²) in [5.41, 5.74) is -2.85. The summed E-state index contributed by atoms with van der Waals surface area (Å²) in [4.78, 5) is 4.12. The lowest BCUT2D eigenvalue weighted by molar-refractivity contribution is -0.183. The Morgan fingerprint density at radius 3 is 2.03 bits per heavy atom. The first-order valence-electron chi connectivity index (χ1n) is 8.81. The van der Waals surface area contributed by atoms with E-state index < -0.39 is 46.1 Å². The molecule has 0 spiro atoms. The highest BCUT2D eigenvalue weighted by Gasteiger charge is 2.58. The van der Waals surface area contributed by atoms with Gasteiger partial charge in [0.25, 0.3) is 0 Å². The molecule has 154 valence electrons. The van der Waals surface area contributed by atoms with E-state index in [-0.39, 0.29) is 24.4 Å². The molecule has 0 radical (unpaired) electrons. The molecule has 9 heteroatoms. The summed E-state index contributed by atoms with van der Waals surface area (Å²) in [5.74, 6) is -0.963. The van der Waals surface area contributed by atoms with E-state index in [4.69, 9.17) is 23.2 Å². The molecule has 1 N–H and O–H groups in total. The first-order valence-corrected chi connectivity index (χ1v) is 9.57. The highest BCUT2D eigenvalue weighted by atomic mass is 35.5. The summed E-state index contributed by atoms with van der Waals surface area (Å²) >= 11 is 11.5. The van der Waals surface area contributed by atoms with Crippen LogP contribution in [-0.2, 0) is 11.1 Å². The maximum absolute atomic E-state index is 14.5. The van der Waals surface area contributed by atoms with Gasteiger partial charge in [0.2, 0.25) is 0 Å². The van der Waals surface area contributed by atoms with Crippen molar-refractivity contribution in [1.29, 1.82) is 0 Å². The molecule has 2 aliphatic heterocycles. The second-order valence-corrected chi connectivity index (χ2v) is 8.23. The second-order valence-electron chi connectivity index (χ2n) is 7.42. The molecule has 1 fully saturated rings. The molecule has 4 rings (SSSR count). The van der Waals surface area contributed by atoms with Gasteiger partial charge in [-0.25, -0.2) is 8.78 Å². The number of hydrogen-bond acceptors (Lipinski definition) is 2. The minimum atomic E-state index is -4.66. The van der Waals surface area contributed by atoms with Crippen molar-refractivity contribution in [2.24, 2.45) is 4.99 Å². The zero-order valence-electron chi connectivity index (χ0n) is 14.9. The fourth-order valence-electron chi connectivity index (χ4n) is 3.71. The van der Waals surface area contributed by atoms with Gasteiger partial charge in [0.1, 0.15) is 5.41 Å². The van der Waals surface area contributed by atoms with Gasteiger partial charge in [-0.1, -0.05) is 47.5 Å². The van der Waals surface area contributed by atoms with E-state index in [1.165, 1.54) is 0 Å². The van der Waals surface area contributed by atoms with E-state index in [0.29, 0.717) is 11.1 Å². The molecule has 2 aromatic rings. The van der Waals surface area contributed by atoms with Gasteiger partial charge >= 0.3 is 6.18 Å². The molecule has 1 saturated heterocycles. The molecule has 2 heterocycles. The van der Waals surface area contributed by atoms with Crippen molar-refractivity contribution in [3.05, 3.63) is 69.0 Å². The van der Waals surface area contributed by atoms with Gasteiger partial charge in [-0.05, 0) is 28.8 Å². The van der Waals surface area contributed by atoms with Crippen molar-refractivity contribution >= 4 is 28.9 Å². The van der Waals surface area contributed by atoms with E-state index in [1.54, 1.807) is 24.3 Å². The van der Waals surface area contributed by atoms with Crippen LogP contribution in [0.1, 0.15) is 23.1 Å². The molecule has 2 nitrogen and oxygen atoms in total. The molecule has 0 aliphatic carbocycles. The normalized spacial score (nSPS) is 23.6. The Balaban J connectivity index is 1.67. The number of nitrogens with one attached hydrogen (secondary N) is 1. The van der Waals surface area contributed by atoms with Crippen LogP contribution < -0.4 is 5.32 Å². The number of hydrogen-bond donors (Lipinski definition) is 1. The summed E-state index contributed by atoms with van der Waals surface area (Å²) in [6.45, 7) is -0.157. The van der Waals surface area contributed by atoms with Gasteiger partial charge in [0.05, 0.1) is 16.6 Å². The summed E-state index contributed by atoms with van der Waals surface area (Å²) < 4.78 is 70.5. The summed E-state index contributed by atoms with van der Waals surface area (Å²) in [5, 5.41) is 1.91. The zero-order chi connectivity index (χ0) is 21.0. The fourth-order valence-corrected chi connectivity index (χ4v) is 4.20. The summed E-state index contributed by atoms with van der Waals surface area (Å²) in [6.07, 6.45) is -5.11. The van der Waals surface area contributed by atoms with Crippen LogP contribution in [0.3, 0.4) is 0 Å². The molecule has 1 unspecified atom stereocenters. The van der Waals surface area contributed by atoms with E-state index in [2.05, 4.69) is 10.3 Å². The first kappa shape index (κ1) is 20.6. The van der Waals surface area contributed by atoms with Crippen molar-refractivity contribution < 1.29 is 22.0 Å². The van der Waals surface area contributed by atoms with Crippen LogP contribution in [0.25, 0.3) is 0 Å². The van der Waals surface area contributed by atoms with Crippen molar-refractivity contribution in [2.45, 2.75) is 23.7 Å². The lowest BCUT2D eigenvalue weighted by atomic mass is 9.76. The third-order valence-corrected chi connectivity index (χ3v) is 6.18. The highest BCUT2D eigenvalue weighted by Crippen LogP contribution is 2.49. The fraction of sp³-hybridized carbons (Fsp3) is 0.350. The standard InChI is InChI=1S/C20H15Cl2F5N2/c21-14-5-13(6-15(22)17(14)23)18(20(25,26)27)7-16(29-8-18)11-1-3-12(4-2-11)19(24)9-28-10-19/h1-6,28H,7-10H2. The van der Waals surface area contributed by atoms with Gasteiger partial charge in [0, 0.05) is 25.2 Å². The van der Waals surface area contributed by atoms with Gasteiger partial charge < -0.3 is 5.32 Å². The molecule has 0 bridgehead atoms. The van der Waals surface area contributed by atoms with E-state index in [0.717, 1.165) is 12.1 Å². The minimum absolute atomic E-state index is 0.205. The van der Waals surface area contributed by atoms with Crippen molar-refractivity contribution in [1.82, 2.24) is 5.32 Å². The second kappa shape index (κ2) is 6.93. The van der Waals surface area contributed by atoms with Crippen LogP contribution in [0.4, 0.5) is 22.0 Å². The van der Waals surface area contributed by atoms with Crippen LogP contribution in [0, 0.1) is 5.82 Å². The zero-order valence-corrected chi connectivity index (χ0v) is 16.4. The predicted octanol–water partition coefficient (Wildman–Crippen LogP) is 5.59. The smallest absolute Gasteiger partial charge is 0.310 e. The van der Waals surface area contributed by atoms with Crippen molar-refractivity contribution in [3.63, 3.8) is 0 Å². The lowest BCUT2D eigenvalue weighted by Gasteiger charge is -2.35. The highest BCUT2D eigenvalue weighted by molar-refractivity contribution is 6.35. The van der Waals surface area contributed by atoms with Crippen LogP contribution >= 0.6 is 23.2 Å². The topological polar surface area (TPSA) is 24.4 Å². The Hall–Kier alpha value is -1.70. The SMILES string of the molecule is Fc1c(Cl)cc(C2(C(F)(F)F)CN=C(c3ccc(C4(F)CNC4)cc3)C2)cc1Cl. The Labute approximate surface area is 173 Å². The number of halogens is 7. The summed E-state index contributed by atoms with van der Waals surface area (Å²) in [6, 6.07) is 8.19. The molecule has 0 saturated carbocycles. The molecule has 2 aliphatic rings. The first-order chi connectivity index (χ1) is 13.6.